The molecule has 1 heterocycles. The Morgan fingerprint density at radius 2 is 1.57 bits per heavy atom. The van der Waals surface area contributed by atoms with Gasteiger partial charge in [0, 0.05) is 21.8 Å². The van der Waals surface area contributed by atoms with Crippen LogP contribution in [0.2, 0.25) is 0 Å². The van der Waals surface area contributed by atoms with E-state index in [4.69, 9.17) is 5.73 Å². The fourth-order valence-electron chi connectivity index (χ4n) is 2.48. The average Bonchev–Trinajstić information content (AvgIpc) is 3.07. The van der Waals surface area contributed by atoms with Gasteiger partial charge in [-0.3, -0.25) is 14.3 Å². The number of anilines is 2. The molecule has 0 spiro atoms. The Morgan fingerprint density at radius 1 is 0.964 bits per heavy atom. The van der Waals surface area contributed by atoms with Crippen molar-refractivity contribution in [2.75, 3.05) is 10.0 Å². The van der Waals surface area contributed by atoms with Gasteiger partial charge in [0.2, 0.25) is 0 Å². The zero-order valence-corrected chi connectivity index (χ0v) is 16.4. The van der Waals surface area contributed by atoms with E-state index in [9.17, 15) is 18.0 Å². The number of sulfonamides is 1. The molecule has 0 fully saturated rings. The van der Waals surface area contributed by atoms with Crippen LogP contribution in [0, 0.1) is 6.92 Å². The average molecular weight is 415 g/mol. The summed E-state index contributed by atoms with van der Waals surface area (Å²) in [5.74, 6) is -0.935. The van der Waals surface area contributed by atoms with Gasteiger partial charge in [-0.25, -0.2) is 8.42 Å². The maximum atomic E-state index is 12.6. The first-order valence-corrected chi connectivity index (χ1v) is 10.5. The Bertz CT molecular complexity index is 1120. The summed E-state index contributed by atoms with van der Waals surface area (Å²) in [7, 11) is -3.87. The Hall–Kier alpha value is -3.17. The zero-order valence-electron chi connectivity index (χ0n) is 14.8. The lowest BCUT2D eigenvalue weighted by Crippen LogP contribution is -2.14. The van der Waals surface area contributed by atoms with E-state index < -0.39 is 15.9 Å². The zero-order chi connectivity index (χ0) is 20.3. The van der Waals surface area contributed by atoms with E-state index in [1.54, 1.807) is 43.3 Å². The second-order valence-electron chi connectivity index (χ2n) is 5.90. The Labute approximate surface area is 166 Å². The van der Waals surface area contributed by atoms with E-state index in [2.05, 4.69) is 10.0 Å². The molecular weight excluding hydrogens is 398 g/mol. The quantitative estimate of drug-likeness (QED) is 0.573. The van der Waals surface area contributed by atoms with Crippen LogP contribution in [0.3, 0.4) is 0 Å². The fraction of sp³-hybridized carbons (Fsp3) is 0.0526. The van der Waals surface area contributed by atoms with Gasteiger partial charge in [0.05, 0.1) is 4.88 Å². The van der Waals surface area contributed by atoms with Gasteiger partial charge in [-0.15, -0.1) is 11.3 Å². The maximum absolute atomic E-state index is 12.6. The number of amides is 2. The van der Waals surface area contributed by atoms with Crippen LogP contribution in [0.25, 0.3) is 0 Å². The van der Waals surface area contributed by atoms with Crippen molar-refractivity contribution in [1.82, 2.24) is 0 Å². The standard InChI is InChI=1S/C19H17N3O4S2/c1-12-17(11-16(27-12)18(20)23)28(25,26)22-15-9-7-14(8-10-15)21-19(24)13-5-3-2-4-6-13/h2-11,22H,1H3,(H2,20,23)(H,21,24). The molecule has 28 heavy (non-hydrogen) atoms. The molecule has 0 unspecified atom stereocenters. The number of hydrogen-bond acceptors (Lipinski definition) is 5. The van der Waals surface area contributed by atoms with Crippen LogP contribution in [0.4, 0.5) is 11.4 Å². The van der Waals surface area contributed by atoms with E-state index >= 15 is 0 Å². The molecule has 0 radical (unpaired) electrons. The third-order valence-electron chi connectivity index (χ3n) is 3.84. The number of hydrogen-bond donors (Lipinski definition) is 3. The summed E-state index contributed by atoms with van der Waals surface area (Å²) in [5, 5.41) is 2.74. The van der Waals surface area contributed by atoms with Crippen LogP contribution in [0.15, 0.2) is 65.6 Å². The number of rotatable bonds is 6. The minimum atomic E-state index is -3.87. The summed E-state index contributed by atoms with van der Waals surface area (Å²) in [6.45, 7) is 1.61. The van der Waals surface area contributed by atoms with E-state index in [1.165, 1.54) is 18.2 Å². The topological polar surface area (TPSA) is 118 Å². The predicted octanol–water partition coefficient (Wildman–Crippen LogP) is 3.21. The number of primary amides is 1. The van der Waals surface area contributed by atoms with Crippen LogP contribution >= 0.6 is 11.3 Å². The van der Waals surface area contributed by atoms with Gasteiger partial charge in [0.15, 0.2) is 0 Å². The van der Waals surface area contributed by atoms with E-state index in [0.29, 0.717) is 21.8 Å². The summed E-state index contributed by atoms with van der Waals surface area (Å²) < 4.78 is 27.6. The van der Waals surface area contributed by atoms with Gasteiger partial charge in [-0.2, -0.15) is 0 Å². The third kappa shape index (κ3) is 4.38. The van der Waals surface area contributed by atoms with Gasteiger partial charge >= 0.3 is 0 Å². The molecule has 4 N–H and O–H groups in total. The number of nitrogens with one attached hydrogen (secondary N) is 2. The number of nitrogens with two attached hydrogens (primary N) is 1. The number of carbonyl (C=O) groups excluding carboxylic acids is 2. The second-order valence-corrected chi connectivity index (χ2v) is 8.81. The van der Waals surface area contributed by atoms with Crippen molar-refractivity contribution in [2.24, 2.45) is 5.73 Å². The van der Waals surface area contributed by atoms with Crippen LogP contribution in [0.5, 0.6) is 0 Å². The SMILES string of the molecule is Cc1sc(C(N)=O)cc1S(=O)(=O)Nc1ccc(NC(=O)c2ccccc2)cc1. The highest BCUT2D eigenvalue weighted by Gasteiger charge is 2.21. The van der Waals surface area contributed by atoms with Crippen molar-refractivity contribution in [3.05, 3.63) is 76.0 Å². The van der Waals surface area contributed by atoms with Crippen molar-refractivity contribution >= 4 is 44.5 Å². The summed E-state index contributed by atoms with van der Waals surface area (Å²) in [6, 6.07) is 16.3. The highest BCUT2D eigenvalue weighted by molar-refractivity contribution is 7.93. The Kier molecular flexibility index (Phi) is 5.48. The number of aryl methyl sites for hydroxylation is 1. The molecular formula is C19H17N3O4S2. The summed E-state index contributed by atoms with van der Waals surface area (Å²) in [4.78, 5) is 24.1. The minimum Gasteiger partial charge on any atom is -0.365 e. The lowest BCUT2D eigenvalue weighted by molar-refractivity contribution is 0.100. The van der Waals surface area contributed by atoms with Crippen LogP contribution in [-0.2, 0) is 10.0 Å². The van der Waals surface area contributed by atoms with E-state index in [-0.39, 0.29) is 15.7 Å². The molecule has 1 aromatic heterocycles. The predicted molar refractivity (Wildman–Crippen MR) is 109 cm³/mol. The molecule has 0 aliphatic rings. The molecule has 0 bridgehead atoms. The molecule has 0 saturated heterocycles. The molecule has 2 amide bonds. The summed E-state index contributed by atoms with van der Waals surface area (Å²) in [5.41, 5.74) is 6.58. The first-order chi connectivity index (χ1) is 13.3. The lowest BCUT2D eigenvalue weighted by atomic mass is 10.2. The largest absolute Gasteiger partial charge is 0.365 e. The third-order valence-corrected chi connectivity index (χ3v) is 6.54. The molecule has 0 saturated carbocycles. The van der Waals surface area contributed by atoms with Gasteiger partial charge in [-0.1, -0.05) is 18.2 Å². The molecule has 3 aromatic rings. The first kappa shape index (κ1) is 19.6. The monoisotopic (exact) mass is 415 g/mol. The Morgan fingerprint density at radius 3 is 2.14 bits per heavy atom. The molecule has 0 atom stereocenters. The van der Waals surface area contributed by atoms with Gasteiger partial charge in [-0.05, 0) is 49.4 Å². The van der Waals surface area contributed by atoms with Crippen molar-refractivity contribution in [3.63, 3.8) is 0 Å². The number of thiophene rings is 1. The van der Waals surface area contributed by atoms with E-state index in [1.807, 2.05) is 6.07 Å². The van der Waals surface area contributed by atoms with Crippen molar-refractivity contribution < 1.29 is 18.0 Å². The van der Waals surface area contributed by atoms with E-state index in [0.717, 1.165) is 11.3 Å². The highest BCUT2D eigenvalue weighted by Crippen LogP contribution is 2.27. The maximum Gasteiger partial charge on any atom is 0.263 e. The molecule has 3 rings (SSSR count). The fourth-order valence-corrected chi connectivity index (χ4v) is 4.98. The van der Waals surface area contributed by atoms with Gasteiger partial charge < -0.3 is 11.1 Å². The van der Waals surface area contributed by atoms with Crippen molar-refractivity contribution in [3.8, 4) is 0 Å². The molecule has 2 aromatic carbocycles. The number of carbonyl (C=O) groups is 2. The second kappa shape index (κ2) is 7.83. The molecule has 0 aliphatic heterocycles. The molecule has 144 valence electrons. The van der Waals surface area contributed by atoms with Crippen molar-refractivity contribution in [2.45, 2.75) is 11.8 Å². The summed E-state index contributed by atoms with van der Waals surface area (Å²) >= 11 is 1.03. The van der Waals surface area contributed by atoms with Crippen LogP contribution in [-0.4, -0.2) is 20.2 Å². The van der Waals surface area contributed by atoms with Crippen LogP contribution in [0.1, 0.15) is 24.9 Å². The first-order valence-electron chi connectivity index (χ1n) is 8.16. The van der Waals surface area contributed by atoms with Crippen LogP contribution < -0.4 is 15.8 Å². The smallest absolute Gasteiger partial charge is 0.263 e. The highest BCUT2D eigenvalue weighted by atomic mass is 32.2. The normalized spacial score (nSPS) is 11.0. The molecule has 7 nitrogen and oxygen atoms in total. The molecule has 0 aliphatic carbocycles. The van der Waals surface area contributed by atoms with Crippen molar-refractivity contribution in [1.29, 1.82) is 0 Å². The number of benzene rings is 2. The molecule has 9 heteroatoms. The minimum absolute atomic E-state index is 0.00718. The lowest BCUT2D eigenvalue weighted by Gasteiger charge is -2.09. The van der Waals surface area contributed by atoms with Gasteiger partial charge in [0.25, 0.3) is 21.8 Å². The Balaban J connectivity index is 1.73. The van der Waals surface area contributed by atoms with Gasteiger partial charge in [0.1, 0.15) is 4.90 Å². The summed E-state index contributed by atoms with van der Waals surface area (Å²) in [6.07, 6.45) is 0.